The van der Waals surface area contributed by atoms with E-state index in [4.69, 9.17) is 14.9 Å². The summed E-state index contributed by atoms with van der Waals surface area (Å²) in [6, 6.07) is 7.90. The van der Waals surface area contributed by atoms with Crippen molar-refractivity contribution in [2.24, 2.45) is 14.1 Å². The number of alkyl halides is 3. The van der Waals surface area contributed by atoms with Crippen LogP contribution in [0.2, 0.25) is 0 Å². The van der Waals surface area contributed by atoms with E-state index in [2.05, 4.69) is 10.2 Å². The second-order valence-electron chi connectivity index (χ2n) is 7.72. The maximum Gasteiger partial charge on any atom is 0.490 e. The van der Waals surface area contributed by atoms with Crippen molar-refractivity contribution in [1.82, 2.24) is 24.0 Å². The number of halogens is 3. The number of rotatable bonds is 3. The zero-order chi connectivity index (χ0) is 25.9. The number of benzene rings is 1. The quantitative estimate of drug-likeness (QED) is 0.567. The topological polar surface area (TPSA) is 114 Å². The number of allylic oxidation sites excluding steroid dienone is 1. The first kappa shape index (κ1) is 25.7. The lowest BCUT2D eigenvalue weighted by Gasteiger charge is -2.29. The third kappa shape index (κ3) is 5.14. The fourth-order valence-corrected chi connectivity index (χ4v) is 3.70. The highest BCUT2D eigenvalue weighted by Crippen LogP contribution is 2.27. The number of anilines is 1. The molecule has 0 bridgehead atoms. The fraction of sp³-hybridized carbons (Fsp3) is 0.364. The van der Waals surface area contributed by atoms with Crippen LogP contribution >= 0.6 is 0 Å². The number of aromatic nitrogens is 4. The Morgan fingerprint density at radius 2 is 1.71 bits per heavy atom. The van der Waals surface area contributed by atoms with Gasteiger partial charge in [0.25, 0.3) is 5.56 Å². The van der Waals surface area contributed by atoms with E-state index in [1.165, 1.54) is 11.6 Å². The molecule has 2 aromatic heterocycles. The number of hydrogen-bond donors (Lipinski definition) is 2. The van der Waals surface area contributed by atoms with Crippen molar-refractivity contribution < 1.29 is 23.1 Å². The lowest BCUT2D eigenvalue weighted by atomic mass is 10.1. The molecule has 0 aliphatic carbocycles. The van der Waals surface area contributed by atoms with Gasteiger partial charge >= 0.3 is 17.8 Å². The van der Waals surface area contributed by atoms with E-state index in [1.54, 1.807) is 7.05 Å². The molecule has 1 saturated heterocycles. The molecular weight excluding hydrogens is 469 g/mol. The van der Waals surface area contributed by atoms with E-state index in [-0.39, 0.29) is 11.2 Å². The van der Waals surface area contributed by atoms with Crippen molar-refractivity contribution in [3.63, 3.8) is 0 Å². The van der Waals surface area contributed by atoms with Gasteiger partial charge in [-0.05, 0) is 18.6 Å². The molecule has 0 unspecified atom stereocenters. The van der Waals surface area contributed by atoms with Crippen LogP contribution in [0.25, 0.3) is 22.9 Å². The summed E-state index contributed by atoms with van der Waals surface area (Å²) >= 11 is 0. The van der Waals surface area contributed by atoms with Gasteiger partial charge in [0.15, 0.2) is 11.2 Å². The molecule has 10 nitrogen and oxygen atoms in total. The van der Waals surface area contributed by atoms with Crippen molar-refractivity contribution in [1.29, 1.82) is 0 Å². The Kier molecular flexibility index (Phi) is 7.48. The number of carbonyl (C=O) groups is 1. The Bertz CT molecular complexity index is 1380. The Balaban J connectivity index is 0.000000429. The van der Waals surface area contributed by atoms with Crippen molar-refractivity contribution in [3.8, 4) is 5.69 Å². The van der Waals surface area contributed by atoms with Gasteiger partial charge in [-0.15, -0.1) is 0 Å². The number of aliphatic carboxylic acids is 1. The molecule has 4 rings (SSSR count). The summed E-state index contributed by atoms with van der Waals surface area (Å²) in [6.07, 6.45) is -1.11. The molecule has 0 spiro atoms. The van der Waals surface area contributed by atoms with Crippen LogP contribution in [0.1, 0.15) is 12.5 Å². The average molecular weight is 494 g/mol. The predicted octanol–water partition coefficient (Wildman–Crippen LogP) is 1.50. The standard InChI is InChI=1S/C20H24N6O2.C2HF3O2/c1-4-7-14-8-5-6-9-15(14)26-16-17(23(2)20(28)24(3)18(16)27)22-19(26)25-12-10-21-11-13-25;3-2(4,5)1(6)7/h4-9,21H,10-13H2,1-3H3;(H,6,7). The molecule has 1 aliphatic rings. The van der Waals surface area contributed by atoms with Gasteiger partial charge in [-0.25, -0.2) is 9.59 Å². The Morgan fingerprint density at radius 1 is 1.11 bits per heavy atom. The molecule has 0 radical (unpaired) electrons. The lowest BCUT2D eigenvalue weighted by Crippen LogP contribution is -2.44. The second kappa shape index (κ2) is 10.2. The zero-order valence-electron chi connectivity index (χ0n) is 19.3. The van der Waals surface area contributed by atoms with Crippen LogP contribution in [0, 0.1) is 0 Å². The number of imidazole rings is 1. The molecule has 35 heavy (non-hydrogen) atoms. The number of fused-ring (bicyclic) bond motifs is 1. The Morgan fingerprint density at radius 3 is 2.29 bits per heavy atom. The monoisotopic (exact) mass is 494 g/mol. The minimum atomic E-state index is -5.08. The number of carboxylic acids is 1. The summed E-state index contributed by atoms with van der Waals surface area (Å²) in [5.74, 6) is -2.07. The average Bonchev–Trinajstić information content (AvgIpc) is 3.23. The first-order valence-corrected chi connectivity index (χ1v) is 10.6. The summed E-state index contributed by atoms with van der Waals surface area (Å²) in [5.41, 5.74) is 1.94. The molecule has 13 heteroatoms. The highest BCUT2D eigenvalue weighted by molar-refractivity contribution is 5.79. The summed E-state index contributed by atoms with van der Waals surface area (Å²) in [4.78, 5) is 41.4. The Labute approximate surface area is 197 Å². The second-order valence-corrected chi connectivity index (χ2v) is 7.72. The number of carboxylic acid groups (broad SMARTS) is 1. The van der Waals surface area contributed by atoms with Crippen LogP contribution in [0.3, 0.4) is 0 Å². The summed E-state index contributed by atoms with van der Waals surface area (Å²) in [6.45, 7) is 5.21. The Hall–Kier alpha value is -3.87. The lowest BCUT2D eigenvalue weighted by molar-refractivity contribution is -0.192. The van der Waals surface area contributed by atoms with E-state index >= 15 is 0 Å². The smallest absolute Gasteiger partial charge is 0.475 e. The van der Waals surface area contributed by atoms with Gasteiger partial charge in [0.1, 0.15) is 0 Å². The molecule has 188 valence electrons. The van der Waals surface area contributed by atoms with E-state index in [1.807, 2.05) is 47.9 Å². The van der Waals surface area contributed by atoms with Crippen molar-refractivity contribution in [2.45, 2.75) is 13.1 Å². The summed E-state index contributed by atoms with van der Waals surface area (Å²) in [7, 11) is 3.16. The molecular formula is C22H25F3N6O4. The number of piperazine rings is 1. The van der Waals surface area contributed by atoms with Crippen molar-refractivity contribution in [3.05, 3.63) is 56.7 Å². The molecule has 0 atom stereocenters. The molecule has 0 saturated carbocycles. The molecule has 2 N–H and O–H groups in total. The van der Waals surface area contributed by atoms with Crippen LogP contribution in [0.4, 0.5) is 19.1 Å². The zero-order valence-corrected chi connectivity index (χ0v) is 19.3. The predicted molar refractivity (Wildman–Crippen MR) is 125 cm³/mol. The molecule has 1 fully saturated rings. The summed E-state index contributed by atoms with van der Waals surface area (Å²) < 4.78 is 36.2. The van der Waals surface area contributed by atoms with E-state index < -0.39 is 12.1 Å². The number of aryl methyl sites for hydroxylation is 1. The largest absolute Gasteiger partial charge is 0.490 e. The SMILES string of the molecule is CC=Cc1ccccc1-n1c(N2CCNCC2)nc2c1c(=O)n(C)c(=O)n2C.O=C(O)C(F)(F)F. The minimum Gasteiger partial charge on any atom is -0.475 e. The molecule has 1 aromatic carbocycles. The molecule has 3 aromatic rings. The van der Waals surface area contributed by atoms with Crippen molar-refractivity contribution in [2.75, 3.05) is 31.1 Å². The van der Waals surface area contributed by atoms with Crippen LogP contribution in [-0.2, 0) is 18.9 Å². The first-order valence-electron chi connectivity index (χ1n) is 10.6. The van der Waals surface area contributed by atoms with E-state index in [9.17, 15) is 22.8 Å². The third-order valence-corrected chi connectivity index (χ3v) is 5.41. The molecule has 3 heterocycles. The van der Waals surface area contributed by atoms with Crippen LogP contribution in [-0.4, -0.2) is 62.1 Å². The van der Waals surface area contributed by atoms with Gasteiger partial charge in [-0.1, -0.05) is 30.4 Å². The fourth-order valence-electron chi connectivity index (χ4n) is 3.70. The maximum atomic E-state index is 13.1. The first-order chi connectivity index (χ1) is 16.5. The highest BCUT2D eigenvalue weighted by Gasteiger charge is 2.38. The number of nitrogens with zero attached hydrogens (tertiary/aromatic N) is 5. The van der Waals surface area contributed by atoms with Gasteiger partial charge < -0.3 is 15.3 Å². The normalized spacial score (nSPS) is 14.3. The third-order valence-electron chi connectivity index (χ3n) is 5.41. The van der Waals surface area contributed by atoms with Crippen LogP contribution in [0.5, 0.6) is 0 Å². The van der Waals surface area contributed by atoms with E-state index in [0.29, 0.717) is 17.1 Å². The van der Waals surface area contributed by atoms with Gasteiger partial charge in [0, 0.05) is 40.3 Å². The van der Waals surface area contributed by atoms with Gasteiger partial charge in [0.2, 0.25) is 5.95 Å². The van der Waals surface area contributed by atoms with E-state index in [0.717, 1.165) is 42.0 Å². The van der Waals surface area contributed by atoms with Gasteiger partial charge in [-0.2, -0.15) is 18.2 Å². The number of nitrogens with one attached hydrogen (secondary N) is 1. The van der Waals surface area contributed by atoms with Crippen molar-refractivity contribution >= 4 is 29.2 Å². The number of hydrogen-bond acceptors (Lipinski definition) is 6. The molecule has 0 amide bonds. The van der Waals surface area contributed by atoms with Gasteiger partial charge in [-0.3, -0.25) is 18.5 Å². The van der Waals surface area contributed by atoms with Crippen LogP contribution < -0.4 is 21.5 Å². The highest BCUT2D eigenvalue weighted by atomic mass is 19.4. The summed E-state index contributed by atoms with van der Waals surface area (Å²) in [5, 5.41) is 10.5. The number of para-hydroxylation sites is 1. The molecule has 1 aliphatic heterocycles. The van der Waals surface area contributed by atoms with Crippen LogP contribution in [0.15, 0.2) is 39.9 Å². The maximum absolute atomic E-state index is 13.1. The van der Waals surface area contributed by atoms with Gasteiger partial charge in [0.05, 0.1) is 5.69 Å². The minimum absolute atomic E-state index is 0.345.